The van der Waals surface area contributed by atoms with Gasteiger partial charge in [0, 0.05) is 42.4 Å². The summed E-state index contributed by atoms with van der Waals surface area (Å²) in [6.07, 6.45) is 2.00. The molecule has 1 aliphatic heterocycles. The fraction of sp³-hybridized carbons (Fsp3) is 0.318. The van der Waals surface area contributed by atoms with E-state index < -0.39 is 0 Å². The second kappa shape index (κ2) is 8.62. The molecule has 27 heavy (non-hydrogen) atoms. The molecule has 0 saturated heterocycles. The predicted octanol–water partition coefficient (Wildman–Crippen LogP) is 3.42. The first-order chi connectivity index (χ1) is 13.0. The topological polar surface area (TPSA) is 47.6 Å². The highest BCUT2D eigenvalue weighted by Gasteiger charge is 2.19. The lowest BCUT2D eigenvalue weighted by Crippen LogP contribution is -2.34. The molecule has 0 bridgehead atoms. The van der Waals surface area contributed by atoms with Crippen LogP contribution in [0.3, 0.4) is 0 Å². The average Bonchev–Trinajstić information content (AvgIpc) is 3.19. The van der Waals surface area contributed by atoms with E-state index in [2.05, 4.69) is 48.6 Å². The van der Waals surface area contributed by atoms with E-state index in [0.29, 0.717) is 18.0 Å². The number of rotatable bonds is 7. The van der Waals surface area contributed by atoms with Gasteiger partial charge in [0.15, 0.2) is 0 Å². The highest BCUT2D eigenvalue weighted by Crippen LogP contribution is 2.25. The zero-order chi connectivity index (χ0) is 19.2. The van der Waals surface area contributed by atoms with Crippen LogP contribution in [-0.4, -0.2) is 32.7 Å². The molecule has 3 rings (SSSR count). The molecule has 0 spiro atoms. The van der Waals surface area contributed by atoms with Crippen molar-refractivity contribution in [1.29, 1.82) is 0 Å². The standard InChI is InChI=1S/C22H28N4O/c1-17(2)14-26(22(27)18-8-5-4-6-9-18)21-11-7-10-20(12-21)25(3)15-19-13-23-16-24-19/h4-13,17,23-24H,14-16H2,1-3H3. The van der Waals surface area contributed by atoms with E-state index in [0.717, 1.165) is 30.3 Å². The number of benzene rings is 2. The number of nitrogens with zero attached hydrogens (tertiary/aromatic N) is 2. The van der Waals surface area contributed by atoms with Gasteiger partial charge in [0.05, 0.1) is 13.2 Å². The Balaban J connectivity index is 1.85. The van der Waals surface area contributed by atoms with Crippen molar-refractivity contribution in [2.45, 2.75) is 13.8 Å². The fourth-order valence-electron chi connectivity index (χ4n) is 3.14. The number of hydrogen-bond acceptors (Lipinski definition) is 4. The van der Waals surface area contributed by atoms with Gasteiger partial charge >= 0.3 is 0 Å². The van der Waals surface area contributed by atoms with E-state index in [9.17, 15) is 4.79 Å². The minimum absolute atomic E-state index is 0.0356. The highest BCUT2D eigenvalue weighted by molar-refractivity contribution is 6.06. The molecule has 0 atom stereocenters. The summed E-state index contributed by atoms with van der Waals surface area (Å²) in [6, 6.07) is 17.7. The minimum atomic E-state index is 0.0356. The summed E-state index contributed by atoms with van der Waals surface area (Å²) in [5, 5.41) is 6.47. The second-order valence-corrected chi connectivity index (χ2v) is 7.28. The van der Waals surface area contributed by atoms with Crippen LogP contribution in [0, 0.1) is 5.92 Å². The summed E-state index contributed by atoms with van der Waals surface area (Å²) in [7, 11) is 2.06. The molecule has 0 fully saturated rings. The van der Waals surface area contributed by atoms with Crippen molar-refractivity contribution >= 4 is 17.3 Å². The Kier molecular flexibility index (Phi) is 6.01. The molecule has 142 valence electrons. The molecule has 5 heteroatoms. The van der Waals surface area contributed by atoms with Gasteiger partial charge in [0.2, 0.25) is 0 Å². The van der Waals surface area contributed by atoms with Gasteiger partial charge in [-0.3, -0.25) is 4.79 Å². The number of carbonyl (C=O) groups is 1. The number of hydrogen-bond donors (Lipinski definition) is 2. The highest BCUT2D eigenvalue weighted by atomic mass is 16.2. The van der Waals surface area contributed by atoms with Crippen LogP contribution < -0.4 is 20.4 Å². The Bertz CT molecular complexity index is 801. The van der Waals surface area contributed by atoms with Gasteiger partial charge in [0.1, 0.15) is 0 Å². The number of anilines is 2. The monoisotopic (exact) mass is 364 g/mol. The van der Waals surface area contributed by atoms with Gasteiger partial charge in [-0.1, -0.05) is 38.1 Å². The molecule has 0 aromatic heterocycles. The lowest BCUT2D eigenvalue weighted by atomic mass is 10.1. The van der Waals surface area contributed by atoms with Crippen LogP contribution in [0.2, 0.25) is 0 Å². The number of carbonyl (C=O) groups excluding carboxylic acids is 1. The van der Waals surface area contributed by atoms with Gasteiger partial charge in [-0.15, -0.1) is 0 Å². The quantitative estimate of drug-likeness (QED) is 0.790. The van der Waals surface area contributed by atoms with Crippen LogP contribution in [0.1, 0.15) is 24.2 Å². The maximum Gasteiger partial charge on any atom is 0.258 e. The van der Waals surface area contributed by atoms with Crippen LogP contribution >= 0.6 is 0 Å². The Morgan fingerprint density at radius 1 is 1.07 bits per heavy atom. The van der Waals surface area contributed by atoms with E-state index in [1.54, 1.807) is 0 Å². The largest absolute Gasteiger partial charge is 0.372 e. The predicted molar refractivity (Wildman–Crippen MR) is 112 cm³/mol. The van der Waals surface area contributed by atoms with Gasteiger partial charge in [-0.25, -0.2) is 0 Å². The average molecular weight is 364 g/mol. The van der Waals surface area contributed by atoms with Crippen molar-refractivity contribution in [3.8, 4) is 0 Å². The van der Waals surface area contributed by atoms with Crippen LogP contribution in [0.4, 0.5) is 11.4 Å². The summed E-state index contributed by atoms with van der Waals surface area (Å²) in [6.45, 7) is 6.50. The smallest absolute Gasteiger partial charge is 0.258 e. The van der Waals surface area contributed by atoms with E-state index >= 15 is 0 Å². The number of likely N-dealkylation sites (N-methyl/N-ethyl adjacent to an activating group) is 1. The van der Waals surface area contributed by atoms with Gasteiger partial charge < -0.3 is 20.4 Å². The molecule has 0 saturated carbocycles. The first-order valence-corrected chi connectivity index (χ1v) is 9.39. The lowest BCUT2D eigenvalue weighted by molar-refractivity contribution is 0.0984. The normalized spacial score (nSPS) is 13.0. The van der Waals surface area contributed by atoms with Crippen molar-refractivity contribution in [2.75, 3.05) is 36.6 Å². The zero-order valence-corrected chi connectivity index (χ0v) is 16.3. The number of amides is 1. The summed E-state index contributed by atoms with van der Waals surface area (Å²) in [5.41, 5.74) is 3.87. The molecule has 0 unspecified atom stereocenters. The summed E-state index contributed by atoms with van der Waals surface area (Å²) >= 11 is 0. The summed E-state index contributed by atoms with van der Waals surface area (Å²) in [5.74, 6) is 0.409. The minimum Gasteiger partial charge on any atom is -0.372 e. The SMILES string of the molecule is CC(C)CN(C(=O)c1ccccc1)c1cccc(N(C)CC2=CNCN2)c1. The van der Waals surface area contributed by atoms with Gasteiger partial charge in [0.25, 0.3) is 5.91 Å². The third-order valence-corrected chi connectivity index (χ3v) is 4.50. The fourth-order valence-corrected chi connectivity index (χ4v) is 3.14. The second-order valence-electron chi connectivity index (χ2n) is 7.28. The molecular weight excluding hydrogens is 336 g/mol. The molecule has 2 aromatic carbocycles. The maximum atomic E-state index is 13.1. The van der Waals surface area contributed by atoms with Crippen LogP contribution in [0.15, 0.2) is 66.5 Å². The molecule has 0 radical (unpaired) electrons. The van der Waals surface area contributed by atoms with E-state index in [1.807, 2.05) is 53.6 Å². The Morgan fingerprint density at radius 3 is 2.48 bits per heavy atom. The van der Waals surface area contributed by atoms with Crippen molar-refractivity contribution in [2.24, 2.45) is 5.92 Å². The zero-order valence-electron chi connectivity index (χ0n) is 16.3. The summed E-state index contributed by atoms with van der Waals surface area (Å²) < 4.78 is 0. The molecule has 2 aromatic rings. The molecule has 1 aliphatic rings. The van der Waals surface area contributed by atoms with Crippen LogP contribution in [0.5, 0.6) is 0 Å². The van der Waals surface area contributed by atoms with E-state index in [4.69, 9.17) is 0 Å². The van der Waals surface area contributed by atoms with Crippen molar-refractivity contribution in [3.63, 3.8) is 0 Å². The number of nitrogens with one attached hydrogen (secondary N) is 2. The third-order valence-electron chi connectivity index (χ3n) is 4.50. The van der Waals surface area contributed by atoms with E-state index in [-0.39, 0.29) is 5.91 Å². The molecule has 0 aliphatic carbocycles. The molecule has 1 heterocycles. The van der Waals surface area contributed by atoms with Gasteiger partial charge in [-0.05, 0) is 36.2 Å². The summed E-state index contributed by atoms with van der Waals surface area (Å²) in [4.78, 5) is 17.2. The molecule has 1 amide bonds. The molecule has 2 N–H and O–H groups in total. The molecular formula is C22H28N4O. The first-order valence-electron chi connectivity index (χ1n) is 9.39. The Morgan fingerprint density at radius 2 is 1.81 bits per heavy atom. The van der Waals surface area contributed by atoms with Crippen molar-refractivity contribution < 1.29 is 4.79 Å². The lowest BCUT2D eigenvalue weighted by Gasteiger charge is -2.27. The Labute approximate surface area is 161 Å². The van der Waals surface area contributed by atoms with Gasteiger partial charge in [-0.2, -0.15) is 0 Å². The van der Waals surface area contributed by atoms with Crippen molar-refractivity contribution in [3.05, 3.63) is 72.1 Å². The first kappa shape index (κ1) is 18.8. The van der Waals surface area contributed by atoms with Crippen LogP contribution in [0.25, 0.3) is 0 Å². The Hall–Kier alpha value is -2.95. The maximum absolute atomic E-state index is 13.1. The van der Waals surface area contributed by atoms with Crippen molar-refractivity contribution in [1.82, 2.24) is 10.6 Å². The van der Waals surface area contributed by atoms with Crippen LogP contribution in [-0.2, 0) is 0 Å². The third kappa shape index (κ3) is 4.82. The van der Waals surface area contributed by atoms with E-state index in [1.165, 1.54) is 0 Å². The molecule has 5 nitrogen and oxygen atoms in total.